The van der Waals surface area contributed by atoms with Crippen molar-refractivity contribution in [1.82, 2.24) is 5.32 Å². The molecule has 2 aromatic carbocycles. The number of benzene rings is 2. The molecule has 0 aliphatic carbocycles. The molecule has 3 rings (SSSR count). The van der Waals surface area contributed by atoms with Gasteiger partial charge >= 0.3 is 0 Å². The van der Waals surface area contributed by atoms with Crippen molar-refractivity contribution in [2.24, 2.45) is 0 Å². The van der Waals surface area contributed by atoms with Crippen LogP contribution in [-0.2, 0) is 26.0 Å². The van der Waals surface area contributed by atoms with Gasteiger partial charge in [0.05, 0.1) is 18.5 Å². The molecular weight excluding hydrogens is 468 g/mol. The molecule has 1 unspecified atom stereocenters. The number of rotatable bonds is 7. The fourth-order valence-corrected chi connectivity index (χ4v) is 5.27. The lowest BCUT2D eigenvalue weighted by Crippen LogP contribution is -2.50. The van der Waals surface area contributed by atoms with Gasteiger partial charge in [-0.15, -0.1) is 0 Å². The lowest BCUT2D eigenvalue weighted by atomic mass is 9.86. The average Bonchev–Trinajstić information content (AvgIpc) is 2.70. The van der Waals surface area contributed by atoms with Gasteiger partial charge in [0.15, 0.2) is 6.10 Å². The molecule has 0 aromatic heterocycles. The Kier molecular flexibility index (Phi) is 7.68. The van der Waals surface area contributed by atoms with Gasteiger partial charge in [-0.2, -0.15) is 11.8 Å². The van der Waals surface area contributed by atoms with Crippen LogP contribution in [0.4, 0.5) is 5.69 Å². The van der Waals surface area contributed by atoms with E-state index in [1.54, 1.807) is 17.8 Å². The second kappa shape index (κ2) is 9.93. The Hall–Kier alpha value is -1.90. The highest BCUT2D eigenvalue weighted by Crippen LogP contribution is 2.38. The standard InChI is InChI=1S/C23H29ClN2O4S2/c1-23(2,3)17-8-9-20-19(13-17)26(32(4,28)29)14-21(30-20)22(27)25-10-11-31-15-16-6-5-7-18(24)12-16/h5-9,12-13,21H,10-11,14-15H2,1-4H3,(H,25,27). The van der Waals surface area contributed by atoms with Crippen molar-refractivity contribution >= 4 is 45.0 Å². The molecule has 9 heteroatoms. The molecule has 1 atom stereocenters. The summed E-state index contributed by atoms with van der Waals surface area (Å²) in [5, 5.41) is 3.56. The van der Waals surface area contributed by atoms with Crippen molar-refractivity contribution in [1.29, 1.82) is 0 Å². The van der Waals surface area contributed by atoms with E-state index in [4.69, 9.17) is 16.3 Å². The van der Waals surface area contributed by atoms with E-state index in [1.807, 2.05) is 36.4 Å². The van der Waals surface area contributed by atoms with Crippen molar-refractivity contribution in [3.8, 4) is 5.75 Å². The van der Waals surface area contributed by atoms with Crippen LogP contribution < -0.4 is 14.4 Å². The Morgan fingerprint density at radius 3 is 2.66 bits per heavy atom. The predicted molar refractivity (Wildman–Crippen MR) is 132 cm³/mol. The normalized spacial score (nSPS) is 16.3. The molecular formula is C23H29ClN2O4S2. The number of carbonyl (C=O) groups is 1. The zero-order valence-corrected chi connectivity index (χ0v) is 21.1. The number of amides is 1. The molecule has 6 nitrogen and oxygen atoms in total. The summed E-state index contributed by atoms with van der Waals surface area (Å²) in [6, 6.07) is 13.2. The van der Waals surface area contributed by atoms with Crippen LogP contribution in [0.3, 0.4) is 0 Å². The number of thioether (sulfide) groups is 1. The number of halogens is 1. The number of nitrogens with one attached hydrogen (secondary N) is 1. The third-order valence-electron chi connectivity index (χ3n) is 5.09. The number of ether oxygens (including phenoxy) is 1. The molecule has 174 valence electrons. The first kappa shape index (κ1) is 24.7. The molecule has 32 heavy (non-hydrogen) atoms. The molecule has 2 aromatic rings. The van der Waals surface area contributed by atoms with Crippen LogP contribution in [0.2, 0.25) is 5.02 Å². The van der Waals surface area contributed by atoms with Gasteiger partial charge in [-0.1, -0.05) is 50.6 Å². The summed E-state index contributed by atoms with van der Waals surface area (Å²) in [5.74, 6) is 1.58. The van der Waals surface area contributed by atoms with E-state index in [-0.39, 0.29) is 17.9 Å². The number of sulfonamides is 1. The minimum Gasteiger partial charge on any atom is -0.476 e. The zero-order valence-electron chi connectivity index (χ0n) is 18.7. The minimum absolute atomic E-state index is 0.0546. The molecule has 1 amide bonds. The minimum atomic E-state index is -3.57. The third kappa shape index (κ3) is 6.33. The fourth-order valence-electron chi connectivity index (χ4n) is 3.35. The Morgan fingerprint density at radius 1 is 1.25 bits per heavy atom. The van der Waals surface area contributed by atoms with Crippen LogP contribution in [0.15, 0.2) is 42.5 Å². The molecule has 0 spiro atoms. The van der Waals surface area contributed by atoms with Crippen LogP contribution in [0.1, 0.15) is 31.9 Å². The topological polar surface area (TPSA) is 75.7 Å². The van der Waals surface area contributed by atoms with E-state index in [2.05, 4.69) is 26.1 Å². The van der Waals surface area contributed by atoms with Crippen LogP contribution in [0.5, 0.6) is 5.75 Å². The number of fused-ring (bicyclic) bond motifs is 1. The van der Waals surface area contributed by atoms with Gasteiger partial charge < -0.3 is 10.1 Å². The molecule has 0 saturated heterocycles. The lowest BCUT2D eigenvalue weighted by molar-refractivity contribution is -0.127. The van der Waals surface area contributed by atoms with Crippen molar-refractivity contribution in [3.63, 3.8) is 0 Å². The van der Waals surface area contributed by atoms with Crippen LogP contribution >= 0.6 is 23.4 Å². The van der Waals surface area contributed by atoms with Gasteiger partial charge in [-0.05, 0) is 40.8 Å². The summed E-state index contributed by atoms with van der Waals surface area (Å²) in [4.78, 5) is 12.7. The molecule has 0 bridgehead atoms. The lowest BCUT2D eigenvalue weighted by Gasteiger charge is -2.35. The maximum absolute atomic E-state index is 12.7. The molecule has 0 fully saturated rings. The van der Waals surface area contributed by atoms with Gasteiger partial charge in [-0.25, -0.2) is 8.42 Å². The van der Waals surface area contributed by atoms with Gasteiger partial charge in [-0.3, -0.25) is 9.10 Å². The second-order valence-corrected chi connectivity index (χ2v) is 12.3. The monoisotopic (exact) mass is 496 g/mol. The summed E-state index contributed by atoms with van der Waals surface area (Å²) in [6.45, 7) is 6.58. The first-order valence-electron chi connectivity index (χ1n) is 10.3. The number of carbonyl (C=O) groups excluding carboxylic acids is 1. The van der Waals surface area contributed by atoms with Crippen molar-refractivity contribution in [2.45, 2.75) is 38.0 Å². The summed E-state index contributed by atoms with van der Waals surface area (Å²) in [6.07, 6.45) is 0.239. The quantitative estimate of drug-likeness (QED) is 0.581. The molecule has 1 N–H and O–H groups in total. The van der Waals surface area contributed by atoms with Crippen LogP contribution in [-0.4, -0.2) is 45.5 Å². The van der Waals surface area contributed by atoms with Gasteiger partial charge in [0.2, 0.25) is 10.0 Å². The van der Waals surface area contributed by atoms with Crippen molar-refractivity contribution < 1.29 is 17.9 Å². The first-order chi connectivity index (χ1) is 14.9. The number of hydrogen-bond acceptors (Lipinski definition) is 5. The first-order valence-corrected chi connectivity index (χ1v) is 13.7. The summed E-state index contributed by atoms with van der Waals surface area (Å²) < 4.78 is 32.1. The maximum atomic E-state index is 12.7. The van der Waals surface area contributed by atoms with Gasteiger partial charge in [0, 0.05) is 23.1 Å². The predicted octanol–water partition coefficient (Wildman–Crippen LogP) is 4.21. The van der Waals surface area contributed by atoms with Gasteiger partial charge in [0.1, 0.15) is 5.75 Å². The summed E-state index contributed by atoms with van der Waals surface area (Å²) in [5.41, 5.74) is 2.45. The Morgan fingerprint density at radius 2 is 2.00 bits per heavy atom. The second-order valence-electron chi connectivity index (χ2n) is 8.81. The van der Waals surface area contributed by atoms with Gasteiger partial charge in [0.25, 0.3) is 5.91 Å². The molecule has 0 radical (unpaired) electrons. The average molecular weight is 497 g/mol. The molecule has 1 heterocycles. The Balaban J connectivity index is 1.61. The van der Waals surface area contributed by atoms with E-state index in [1.165, 1.54) is 4.31 Å². The highest BCUT2D eigenvalue weighted by atomic mass is 35.5. The van der Waals surface area contributed by atoms with Crippen LogP contribution in [0.25, 0.3) is 0 Å². The Labute approximate surface area is 199 Å². The van der Waals surface area contributed by atoms with E-state index in [0.29, 0.717) is 28.8 Å². The maximum Gasteiger partial charge on any atom is 0.263 e. The van der Waals surface area contributed by atoms with E-state index < -0.39 is 16.1 Å². The highest BCUT2D eigenvalue weighted by Gasteiger charge is 2.35. The Bertz CT molecular complexity index is 1080. The number of anilines is 1. The van der Waals surface area contributed by atoms with E-state index in [9.17, 15) is 13.2 Å². The summed E-state index contributed by atoms with van der Waals surface area (Å²) in [7, 11) is -3.57. The molecule has 1 aliphatic heterocycles. The highest BCUT2D eigenvalue weighted by molar-refractivity contribution is 7.98. The third-order valence-corrected chi connectivity index (χ3v) is 7.50. The smallest absolute Gasteiger partial charge is 0.263 e. The number of hydrogen-bond donors (Lipinski definition) is 1. The van der Waals surface area contributed by atoms with Crippen LogP contribution in [0, 0.1) is 0 Å². The molecule has 1 aliphatic rings. The van der Waals surface area contributed by atoms with E-state index >= 15 is 0 Å². The zero-order chi connectivity index (χ0) is 23.5. The largest absolute Gasteiger partial charge is 0.476 e. The van der Waals surface area contributed by atoms with Crippen molar-refractivity contribution in [3.05, 3.63) is 58.6 Å². The number of nitrogens with zero attached hydrogens (tertiary/aromatic N) is 1. The molecule has 0 saturated carbocycles. The van der Waals surface area contributed by atoms with E-state index in [0.717, 1.165) is 23.1 Å². The van der Waals surface area contributed by atoms with Crippen molar-refractivity contribution in [2.75, 3.05) is 29.4 Å². The fraction of sp³-hybridized carbons (Fsp3) is 0.435. The SMILES string of the molecule is CC(C)(C)c1ccc2c(c1)N(S(C)(=O)=O)CC(C(=O)NCCSCc1cccc(Cl)c1)O2. The summed E-state index contributed by atoms with van der Waals surface area (Å²) >= 11 is 7.68.